The maximum atomic E-state index is 12.3. The van der Waals surface area contributed by atoms with Crippen molar-refractivity contribution in [3.63, 3.8) is 0 Å². The lowest BCUT2D eigenvalue weighted by Gasteiger charge is -2.10. The Balaban J connectivity index is 3.54. The van der Waals surface area contributed by atoms with Gasteiger partial charge in [-0.1, -0.05) is 0 Å². The van der Waals surface area contributed by atoms with Gasteiger partial charge in [0.05, 0.1) is 5.56 Å². The summed E-state index contributed by atoms with van der Waals surface area (Å²) >= 11 is 0. The van der Waals surface area contributed by atoms with Crippen molar-refractivity contribution < 1.29 is 23.1 Å². The van der Waals surface area contributed by atoms with Crippen LogP contribution in [0.4, 0.5) is 13.2 Å². The lowest BCUT2D eigenvalue weighted by Crippen LogP contribution is -2.08. The summed E-state index contributed by atoms with van der Waals surface area (Å²) in [5, 5.41) is 17.8. The quantitative estimate of drug-likeness (QED) is 0.752. The van der Waals surface area contributed by atoms with Crippen LogP contribution in [0.15, 0.2) is 12.1 Å². The van der Waals surface area contributed by atoms with Crippen molar-refractivity contribution in [2.24, 2.45) is 0 Å². The smallest absolute Gasteiger partial charge is 0.416 e. The van der Waals surface area contributed by atoms with Gasteiger partial charge in [0.25, 0.3) is 0 Å². The van der Waals surface area contributed by atoms with E-state index in [1.165, 1.54) is 6.07 Å². The van der Waals surface area contributed by atoms with Gasteiger partial charge in [-0.05, 0) is 19.1 Å². The van der Waals surface area contributed by atoms with Crippen LogP contribution >= 0.6 is 0 Å². The van der Waals surface area contributed by atoms with E-state index < -0.39 is 34.4 Å². The summed E-state index contributed by atoms with van der Waals surface area (Å²) in [6.45, 7) is 1.02. The van der Waals surface area contributed by atoms with Crippen LogP contribution in [0.3, 0.4) is 0 Å². The van der Waals surface area contributed by atoms with E-state index in [4.69, 9.17) is 5.26 Å². The summed E-state index contributed by atoms with van der Waals surface area (Å²) < 4.78 is 37.0. The van der Waals surface area contributed by atoms with E-state index in [-0.39, 0.29) is 0 Å². The molecule has 0 atom stereocenters. The molecule has 6 heteroatoms. The van der Waals surface area contributed by atoms with Gasteiger partial charge in [-0.15, -0.1) is 0 Å². The number of halogens is 3. The first kappa shape index (κ1) is 12.0. The topological polar surface area (TPSA) is 61.1 Å². The predicted octanol–water partition coefficient (Wildman–Crippen LogP) is 2.49. The van der Waals surface area contributed by atoms with E-state index in [0.29, 0.717) is 12.1 Å². The number of rotatable bonds is 1. The molecule has 0 spiro atoms. The summed E-state index contributed by atoms with van der Waals surface area (Å²) in [6, 6.07) is 2.46. The van der Waals surface area contributed by atoms with Crippen LogP contribution in [0, 0.1) is 11.3 Å². The molecular formula is C10H6F3NO2. The summed E-state index contributed by atoms with van der Waals surface area (Å²) in [7, 11) is 0. The second-order valence-corrected chi connectivity index (χ2v) is 3.08. The zero-order chi connectivity index (χ0) is 12.5. The molecule has 1 aromatic rings. The Morgan fingerprint density at radius 3 is 2.38 bits per heavy atom. The summed E-state index contributed by atoms with van der Waals surface area (Å²) in [4.78, 5) is 11.0. The Morgan fingerprint density at radius 2 is 2.00 bits per heavy atom. The van der Waals surface area contributed by atoms with Crippen LogP contribution < -0.4 is 0 Å². The largest absolute Gasteiger partial charge is 0.507 e. The zero-order valence-corrected chi connectivity index (χ0v) is 8.09. The normalized spacial score (nSPS) is 10.9. The van der Waals surface area contributed by atoms with Gasteiger partial charge < -0.3 is 5.11 Å². The molecule has 0 fully saturated rings. The monoisotopic (exact) mass is 229 g/mol. The number of phenolic OH excluding ortho intramolecular Hbond substituents is 1. The number of hydrogen-bond donors (Lipinski definition) is 1. The fourth-order valence-corrected chi connectivity index (χ4v) is 1.19. The number of nitriles is 1. The fourth-order valence-electron chi connectivity index (χ4n) is 1.19. The number of hydrogen-bond acceptors (Lipinski definition) is 3. The van der Waals surface area contributed by atoms with Gasteiger partial charge in [-0.3, -0.25) is 4.79 Å². The first-order chi connectivity index (χ1) is 7.27. The van der Waals surface area contributed by atoms with Crippen molar-refractivity contribution in [1.82, 2.24) is 0 Å². The average Bonchev–Trinajstić information content (AvgIpc) is 2.14. The maximum Gasteiger partial charge on any atom is 0.416 e. The molecular weight excluding hydrogens is 223 g/mol. The summed E-state index contributed by atoms with van der Waals surface area (Å²) in [6.07, 6.45) is -4.67. The van der Waals surface area contributed by atoms with Crippen molar-refractivity contribution in [2.75, 3.05) is 0 Å². The molecule has 1 rings (SSSR count). The molecule has 16 heavy (non-hydrogen) atoms. The Hall–Kier alpha value is -2.03. The lowest BCUT2D eigenvalue weighted by atomic mass is 10.0. The van der Waals surface area contributed by atoms with Crippen LogP contribution in [0.25, 0.3) is 0 Å². The number of alkyl halides is 3. The molecule has 0 amide bonds. The standard InChI is InChI=1S/C10H6F3NO2/c1-5(15)7-2-6(10(11,12)13)3-9(16)8(7)4-14/h2-3,16H,1H3. The minimum Gasteiger partial charge on any atom is -0.507 e. The molecule has 0 unspecified atom stereocenters. The van der Waals surface area contributed by atoms with E-state index in [1.54, 1.807) is 0 Å². The van der Waals surface area contributed by atoms with Crippen molar-refractivity contribution in [3.8, 4) is 11.8 Å². The average molecular weight is 229 g/mol. The van der Waals surface area contributed by atoms with Crippen molar-refractivity contribution in [2.45, 2.75) is 13.1 Å². The van der Waals surface area contributed by atoms with Crippen molar-refractivity contribution in [3.05, 3.63) is 28.8 Å². The SMILES string of the molecule is CC(=O)c1cc(C(F)(F)F)cc(O)c1C#N. The second-order valence-electron chi connectivity index (χ2n) is 3.08. The van der Waals surface area contributed by atoms with Gasteiger partial charge in [0.1, 0.15) is 17.4 Å². The van der Waals surface area contributed by atoms with Gasteiger partial charge in [0.2, 0.25) is 0 Å². The third-order valence-corrected chi connectivity index (χ3v) is 1.94. The molecule has 0 bridgehead atoms. The lowest BCUT2D eigenvalue weighted by molar-refractivity contribution is -0.137. The summed E-state index contributed by atoms with van der Waals surface area (Å²) in [5.41, 5.74) is -2.04. The Labute approximate surface area is 88.7 Å². The van der Waals surface area contributed by atoms with E-state index in [9.17, 15) is 23.1 Å². The third-order valence-electron chi connectivity index (χ3n) is 1.94. The number of nitrogens with zero attached hydrogens (tertiary/aromatic N) is 1. The molecule has 0 aliphatic heterocycles. The maximum absolute atomic E-state index is 12.3. The minimum atomic E-state index is -4.67. The van der Waals surface area contributed by atoms with Crippen LogP contribution in [0.2, 0.25) is 0 Å². The fraction of sp³-hybridized carbons (Fsp3) is 0.200. The van der Waals surface area contributed by atoms with E-state index in [1.807, 2.05) is 0 Å². The minimum absolute atomic E-state index is 0.422. The van der Waals surface area contributed by atoms with E-state index in [0.717, 1.165) is 6.92 Å². The molecule has 0 radical (unpaired) electrons. The second kappa shape index (κ2) is 3.85. The molecule has 0 saturated heterocycles. The number of Topliss-reactive ketones (excluding diaryl/α,β-unsaturated/α-hetero) is 1. The van der Waals surface area contributed by atoms with Gasteiger partial charge in [0, 0.05) is 5.56 Å². The van der Waals surface area contributed by atoms with Gasteiger partial charge >= 0.3 is 6.18 Å². The highest BCUT2D eigenvalue weighted by Gasteiger charge is 2.32. The van der Waals surface area contributed by atoms with Gasteiger partial charge in [-0.25, -0.2) is 0 Å². The van der Waals surface area contributed by atoms with E-state index >= 15 is 0 Å². The van der Waals surface area contributed by atoms with Crippen LogP contribution in [0.1, 0.15) is 28.4 Å². The molecule has 3 nitrogen and oxygen atoms in total. The van der Waals surface area contributed by atoms with Crippen LogP contribution in [0.5, 0.6) is 5.75 Å². The Morgan fingerprint density at radius 1 is 1.44 bits per heavy atom. The highest BCUT2D eigenvalue weighted by molar-refractivity contribution is 5.97. The van der Waals surface area contributed by atoms with E-state index in [2.05, 4.69) is 0 Å². The van der Waals surface area contributed by atoms with Crippen LogP contribution in [-0.2, 0) is 6.18 Å². The number of ketones is 1. The first-order valence-corrected chi connectivity index (χ1v) is 4.12. The molecule has 84 valence electrons. The number of phenols is 1. The molecule has 0 aliphatic rings. The number of carbonyl (C=O) groups excluding carboxylic acids is 1. The number of aromatic hydroxyl groups is 1. The van der Waals surface area contributed by atoms with Gasteiger partial charge in [0.15, 0.2) is 5.78 Å². The molecule has 1 aromatic carbocycles. The Kier molecular flexibility index (Phi) is 2.90. The molecule has 0 saturated carbocycles. The highest BCUT2D eigenvalue weighted by Crippen LogP contribution is 2.34. The molecule has 0 aromatic heterocycles. The van der Waals surface area contributed by atoms with Crippen molar-refractivity contribution in [1.29, 1.82) is 5.26 Å². The van der Waals surface area contributed by atoms with Crippen LogP contribution in [-0.4, -0.2) is 10.9 Å². The highest BCUT2D eigenvalue weighted by atomic mass is 19.4. The zero-order valence-electron chi connectivity index (χ0n) is 8.09. The van der Waals surface area contributed by atoms with Crippen molar-refractivity contribution >= 4 is 5.78 Å². The number of benzene rings is 1. The van der Waals surface area contributed by atoms with Gasteiger partial charge in [-0.2, -0.15) is 18.4 Å². The molecule has 0 aliphatic carbocycles. The number of carbonyl (C=O) groups is 1. The summed E-state index contributed by atoms with van der Waals surface area (Å²) in [5.74, 6) is -1.56. The third kappa shape index (κ3) is 2.14. The first-order valence-electron chi connectivity index (χ1n) is 4.12. The molecule has 0 heterocycles. The predicted molar refractivity (Wildman–Crippen MR) is 47.8 cm³/mol. The Bertz CT molecular complexity index is 486. The molecule has 1 N–H and O–H groups in total.